The first-order valence-electron chi connectivity index (χ1n) is 10.2. The molecule has 0 saturated carbocycles. The third-order valence-electron chi connectivity index (χ3n) is 5.50. The van der Waals surface area contributed by atoms with E-state index in [1.54, 1.807) is 45.0 Å². The third-order valence-corrected chi connectivity index (χ3v) is 5.50. The Hall–Kier alpha value is -2.65. The van der Waals surface area contributed by atoms with Gasteiger partial charge in [-0.1, -0.05) is 12.1 Å². The van der Waals surface area contributed by atoms with Crippen molar-refractivity contribution in [2.45, 2.75) is 65.3 Å². The smallest absolute Gasteiger partial charge is 0.444 e. The van der Waals surface area contributed by atoms with Crippen LogP contribution in [-0.2, 0) is 14.0 Å². The molecule has 3 rings (SSSR count). The first kappa shape index (κ1) is 23.0. The molecule has 1 fully saturated rings. The molecule has 2 aliphatic rings. The second-order valence-corrected chi connectivity index (χ2v) is 9.75. The maximum absolute atomic E-state index is 12.2. The van der Waals surface area contributed by atoms with Gasteiger partial charge in [0.05, 0.1) is 22.3 Å². The summed E-state index contributed by atoms with van der Waals surface area (Å²) in [5, 5.41) is 5.02. The van der Waals surface area contributed by atoms with Gasteiger partial charge < -0.3 is 19.4 Å². The van der Waals surface area contributed by atoms with Crippen LogP contribution in [0.5, 0.6) is 0 Å². The molecule has 1 aromatic carbocycles. The number of carbonyl (C=O) groups excluding carboxylic acids is 3. The first-order valence-corrected chi connectivity index (χ1v) is 10.2. The van der Waals surface area contributed by atoms with Crippen molar-refractivity contribution < 1.29 is 28.4 Å². The Labute approximate surface area is 182 Å². The van der Waals surface area contributed by atoms with Crippen molar-refractivity contribution in [3.63, 3.8) is 0 Å². The number of nitrogens with one attached hydrogen (secondary N) is 2. The predicted octanol–water partition coefficient (Wildman–Crippen LogP) is 3.11. The Balaban J connectivity index is 1.89. The Morgan fingerprint density at radius 3 is 2.26 bits per heavy atom. The third kappa shape index (κ3) is 4.99. The Bertz CT molecular complexity index is 945. The van der Waals surface area contributed by atoms with E-state index < -0.39 is 41.8 Å². The molecular formula is C22H29BN2O6. The molecule has 0 atom stereocenters. The molecule has 0 aromatic heterocycles. The van der Waals surface area contributed by atoms with Crippen molar-refractivity contribution in [2.75, 3.05) is 6.54 Å². The summed E-state index contributed by atoms with van der Waals surface area (Å²) in [4.78, 5) is 36.0. The average molecular weight is 428 g/mol. The lowest BCUT2D eigenvalue weighted by Gasteiger charge is -2.32. The van der Waals surface area contributed by atoms with Crippen LogP contribution in [0, 0.1) is 0 Å². The molecule has 1 saturated heterocycles. The highest BCUT2D eigenvalue weighted by Crippen LogP contribution is 2.38. The van der Waals surface area contributed by atoms with Crippen molar-refractivity contribution in [3.05, 3.63) is 40.4 Å². The summed E-state index contributed by atoms with van der Waals surface area (Å²) in [5.41, 5.74) is 0.227. The number of benzene rings is 1. The molecule has 0 unspecified atom stereocenters. The summed E-state index contributed by atoms with van der Waals surface area (Å²) < 4.78 is 17.6. The average Bonchev–Trinajstić information content (AvgIpc) is 3.01. The van der Waals surface area contributed by atoms with Crippen LogP contribution >= 0.6 is 0 Å². The second kappa shape index (κ2) is 7.80. The SMILES string of the molecule is CC(C)(C)OC(=O)NCC(=Cc1ccc2c(c1)C(=O)NC2=O)B1OC(C)(C)C(C)(C)O1. The maximum Gasteiger partial charge on any atom is 0.492 e. The van der Waals surface area contributed by atoms with Crippen LogP contribution in [0.1, 0.15) is 74.7 Å². The van der Waals surface area contributed by atoms with Gasteiger partial charge in [-0.05, 0) is 71.6 Å². The van der Waals surface area contributed by atoms with E-state index in [9.17, 15) is 14.4 Å². The topological polar surface area (TPSA) is 103 Å². The van der Waals surface area contributed by atoms with Crippen LogP contribution in [0.2, 0.25) is 0 Å². The molecule has 2 N–H and O–H groups in total. The Kier molecular flexibility index (Phi) is 5.79. The van der Waals surface area contributed by atoms with Gasteiger partial charge in [-0.3, -0.25) is 14.9 Å². The number of hydrogen-bond donors (Lipinski definition) is 2. The molecule has 0 bridgehead atoms. The zero-order chi connectivity index (χ0) is 23.2. The first-order chi connectivity index (χ1) is 14.2. The number of alkyl carbamates (subject to hydrolysis) is 1. The molecule has 2 heterocycles. The van der Waals surface area contributed by atoms with Crippen LogP contribution in [-0.4, -0.2) is 48.4 Å². The zero-order valence-electron chi connectivity index (χ0n) is 19.0. The number of amides is 3. The lowest BCUT2D eigenvalue weighted by atomic mass is 9.77. The van der Waals surface area contributed by atoms with E-state index in [4.69, 9.17) is 14.0 Å². The van der Waals surface area contributed by atoms with E-state index in [0.29, 0.717) is 22.2 Å². The summed E-state index contributed by atoms with van der Waals surface area (Å²) in [6.45, 7) is 13.2. The fourth-order valence-corrected chi connectivity index (χ4v) is 3.17. The number of rotatable bonds is 4. The molecule has 0 aliphatic carbocycles. The van der Waals surface area contributed by atoms with E-state index >= 15 is 0 Å². The van der Waals surface area contributed by atoms with Gasteiger partial charge in [-0.25, -0.2) is 4.79 Å². The van der Waals surface area contributed by atoms with E-state index in [2.05, 4.69) is 10.6 Å². The molecule has 31 heavy (non-hydrogen) atoms. The van der Waals surface area contributed by atoms with Gasteiger partial charge in [0, 0.05) is 6.54 Å². The molecule has 9 heteroatoms. The Morgan fingerprint density at radius 2 is 1.68 bits per heavy atom. The van der Waals surface area contributed by atoms with E-state index in [-0.39, 0.29) is 6.54 Å². The fraction of sp³-hybridized carbons (Fsp3) is 0.500. The maximum atomic E-state index is 12.2. The summed E-state index contributed by atoms with van der Waals surface area (Å²) in [6.07, 6.45) is 1.23. The highest BCUT2D eigenvalue weighted by Gasteiger charge is 2.52. The van der Waals surface area contributed by atoms with E-state index in [1.165, 1.54) is 0 Å². The van der Waals surface area contributed by atoms with Crippen molar-refractivity contribution in [1.29, 1.82) is 0 Å². The quantitative estimate of drug-likeness (QED) is 0.565. The van der Waals surface area contributed by atoms with E-state index in [0.717, 1.165) is 0 Å². The van der Waals surface area contributed by atoms with Gasteiger partial charge in [0.1, 0.15) is 5.60 Å². The normalized spacial score (nSPS) is 19.8. The summed E-state index contributed by atoms with van der Waals surface area (Å²) in [7, 11) is -0.705. The number of ether oxygens (including phenoxy) is 1. The van der Waals surface area contributed by atoms with Crippen LogP contribution < -0.4 is 10.6 Å². The lowest BCUT2D eigenvalue weighted by molar-refractivity contribution is 0.00578. The van der Waals surface area contributed by atoms with Crippen LogP contribution in [0.15, 0.2) is 23.7 Å². The summed E-state index contributed by atoms with van der Waals surface area (Å²) in [5.74, 6) is -0.840. The molecule has 166 valence electrons. The van der Waals surface area contributed by atoms with Gasteiger partial charge in [0.25, 0.3) is 11.8 Å². The van der Waals surface area contributed by atoms with Crippen molar-refractivity contribution in [1.82, 2.24) is 10.6 Å². The predicted molar refractivity (Wildman–Crippen MR) is 117 cm³/mol. The highest BCUT2D eigenvalue weighted by atomic mass is 16.7. The minimum atomic E-state index is -0.705. The number of carbonyl (C=O) groups is 3. The van der Waals surface area contributed by atoms with Gasteiger partial charge in [0.2, 0.25) is 0 Å². The summed E-state index contributed by atoms with van der Waals surface area (Å²) >= 11 is 0. The molecular weight excluding hydrogens is 399 g/mol. The van der Waals surface area contributed by atoms with Crippen molar-refractivity contribution >= 4 is 31.1 Å². The monoisotopic (exact) mass is 428 g/mol. The van der Waals surface area contributed by atoms with E-state index in [1.807, 2.05) is 27.7 Å². The lowest BCUT2D eigenvalue weighted by Crippen LogP contribution is -2.41. The molecule has 3 amide bonds. The zero-order valence-corrected chi connectivity index (χ0v) is 19.0. The molecule has 1 aromatic rings. The molecule has 0 radical (unpaired) electrons. The van der Waals surface area contributed by atoms with Gasteiger partial charge in [-0.15, -0.1) is 0 Å². The van der Waals surface area contributed by atoms with Crippen LogP contribution in [0.4, 0.5) is 4.79 Å². The van der Waals surface area contributed by atoms with Gasteiger partial charge in [0.15, 0.2) is 0 Å². The fourth-order valence-electron chi connectivity index (χ4n) is 3.17. The van der Waals surface area contributed by atoms with Crippen LogP contribution in [0.25, 0.3) is 6.08 Å². The minimum Gasteiger partial charge on any atom is -0.444 e. The molecule has 8 nitrogen and oxygen atoms in total. The number of hydrogen-bond acceptors (Lipinski definition) is 6. The van der Waals surface area contributed by atoms with Crippen LogP contribution in [0.3, 0.4) is 0 Å². The molecule has 2 aliphatic heterocycles. The largest absolute Gasteiger partial charge is 0.492 e. The van der Waals surface area contributed by atoms with Gasteiger partial charge >= 0.3 is 13.2 Å². The van der Waals surface area contributed by atoms with Crippen molar-refractivity contribution in [2.24, 2.45) is 0 Å². The second-order valence-electron chi connectivity index (χ2n) is 9.75. The van der Waals surface area contributed by atoms with Gasteiger partial charge in [-0.2, -0.15) is 0 Å². The standard InChI is InChI=1S/C22H29BN2O6/c1-20(2,3)29-19(28)24-12-14(23-30-21(4,5)22(6,7)31-23)10-13-8-9-15-16(11-13)18(27)25-17(15)26/h8-11H,12H2,1-7H3,(H,24,28)(H,25,26,27). The highest BCUT2D eigenvalue weighted by molar-refractivity contribution is 6.56. The Morgan fingerprint density at radius 1 is 1.10 bits per heavy atom. The minimum absolute atomic E-state index is 0.119. The van der Waals surface area contributed by atoms with Crippen molar-refractivity contribution in [3.8, 4) is 0 Å². The molecule has 0 spiro atoms. The number of imide groups is 1. The number of fused-ring (bicyclic) bond motifs is 1. The summed E-state index contributed by atoms with van der Waals surface area (Å²) in [6, 6.07) is 4.97.